The molecule has 18 heavy (non-hydrogen) atoms. The molecule has 0 radical (unpaired) electrons. The first-order valence-corrected chi connectivity index (χ1v) is 5.51. The maximum atomic E-state index is 12.3. The van der Waals surface area contributed by atoms with Gasteiger partial charge in [-0.25, -0.2) is 9.78 Å². The lowest BCUT2D eigenvalue weighted by atomic mass is 10.3. The second-order valence-electron chi connectivity index (χ2n) is 3.37. The first-order valence-electron chi connectivity index (χ1n) is 4.63. The van der Waals surface area contributed by atoms with Crippen molar-refractivity contribution in [2.75, 3.05) is 0 Å². The van der Waals surface area contributed by atoms with Gasteiger partial charge in [0.15, 0.2) is 0 Å². The van der Waals surface area contributed by atoms with Crippen molar-refractivity contribution < 1.29 is 23.1 Å². The summed E-state index contributed by atoms with van der Waals surface area (Å²) in [6, 6.07) is 0. The molecular formula is C9H6F3N3O2S. The maximum Gasteiger partial charge on any atom is 0.419 e. The van der Waals surface area contributed by atoms with E-state index in [9.17, 15) is 18.0 Å². The fourth-order valence-corrected chi connectivity index (χ4v) is 1.89. The van der Waals surface area contributed by atoms with Crippen LogP contribution in [-0.4, -0.2) is 25.8 Å². The molecular weight excluding hydrogens is 271 g/mol. The van der Waals surface area contributed by atoms with E-state index in [1.54, 1.807) is 0 Å². The molecule has 0 saturated heterocycles. The molecule has 0 bridgehead atoms. The van der Waals surface area contributed by atoms with Gasteiger partial charge < -0.3 is 5.11 Å². The molecule has 2 aromatic rings. The predicted molar refractivity (Wildman–Crippen MR) is 55.4 cm³/mol. The molecule has 2 rings (SSSR count). The zero-order chi connectivity index (χ0) is 13.3. The molecule has 2 aromatic heterocycles. The molecule has 0 saturated carbocycles. The summed E-state index contributed by atoms with van der Waals surface area (Å²) in [6.07, 6.45) is -2.88. The normalized spacial score (nSPS) is 11.7. The highest BCUT2D eigenvalue weighted by molar-refractivity contribution is 7.11. The van der Waals surface area contributed by atoms with Crippen molar-refractivity contribution in [2.45, 2.75) is 12.7 Å². The summed E-state index contributed by atoms with van der Waals surface area (Å²) in [6.45, 7) is -0.000139. The number of hydrogen-bond donors (Lipinski definition) is 1. The maximum absolute atomic E-state index is 12.3. The smallest absolute Gasteiger partial charge is 0.419 e. The minimum absolute atomic E-state index is 0.000139. The van der Waals surface area contributed by atoms with Gasteiger partial charge in [0, 0.05) is 11.6 Å². The second kappa shape index (κ2) is 4.41. The van der Waals surface area contributed by atoms with Gasteiger partial charge in [0.1, 0.15) is 0 Å². The molecule has 0 aromatic carbocycles. The lowest BCUT2D eigenvalue weighted by Gasteiger charge is -2.00. The Kier molecular flexibility index (Phi) is 3.07. The van der Waals surface area contributed by atoms with Crippen molar-refractivity contribution in [3.8, 4) is 0 Å². The number of halogens is 3. The van der Waals surface area contributed by atoms with Crippen LogP contribution in [0.25, 0.3) is 0 Å². The van der Waals surface area contributed by atoms with Crippen molar-refractivity contribution in [3.05, 3.63) is 34.0 Å². The topological polar surface area (TPSA) is 68.0 Å². The minimum atomic E-state index is -4.44. The predicted octanol–water partition coefficient (Wildman–Crippen LogP) is 2.10. The van der Waals surface area contributed by atoms with Gasteiger partial charge >= 0.3 is 12.1 Å². The van der Waals surface area contributed by atoms with E-state index in [-0.39, 0.29) is 11.6 Å². The third-order valence-electron chi connectivity index (χ3n) is 2.02. The molecule has 0 amide bonds. The van der Waals surface area contributed by atoms with Crippen LogP contribution in [0.2, 0.25) is 0 Å². The van der Waals surface area contributed by atoms with Crippen molar-refractivity contribution >= 4 is 17.3 Å². The van der Waals surface area contributed by atoms with Crippen LogP contribution < -0.4 is 0 Å². The van der Waals surface area contributed by atoms with Crippen molar-refractivity contribution in [3.63, 3.8) is 0 Å². The quantitative estimate of drug-likeness (QED) is 0.933. The lowest BCUT2D eigenvalue weighted by Crippen LogP contribution is -2.04. The third-order valence-corrected chi connectivity index (χ3v) is 2.90. The van der Waals surface area contributed by atoms with Crippen LogP contribution in [0.1, 0.15) is 21.1 Å². The first kappa shape index (κ1) is 12.6. The molecule has 0 aliphatic heterocycles. The zero-order valence-corrected chi connectivity index (χ0v) is 9.49. The third kappa shape index (κ3) is 2.67. The Morgan fingerprint density at radius 1 is 1.50 bits per heavy atom. The Hall–Kier alpha value is -1.90. The number of hydrogen-bond acceptors (Lipinski definition) is 4. The number of aromatic carboxylic acids is 1. The fraction of sp³-hybridized carbons (Fsp3) is 0.222. The highest BCUT2D eigenvalue weighted by Gasteiger charge is 2.32. The van der Waals surface area contributed by atoms with Crippen LogP contribution in [0.5, 0.6) is 0 Å². The molecule has 0 aliphatic carbocycles. The molecule has 96 valence electrons. The number of aromatic nitrogens is 3. The van der Waals surface area contributed by atoms with E-state index in [0.29, 0.717) is 11.9 Å². The molecule has 5 nitrogen and oxygen atoms in total. The van der Waals surface area contributed by atoms with E-state index < -0.39 is 17.7 Å². The van der Waals surface area contributed by atoms with Crippen LogP contribution in [0.4, 0.5) is 13.2 Å². The summed E-state index contributed by atoms with van der Waals surface area (Å²) in [7, 11) is 0. The van der Waals surface area contributed by atoms with Crippen molar-refractivity contribution in [1.29, 1.82) is 0 Å². The number of rotatable bonds is 3. The van der Waals surface area contributed by atoms with E-state index in [1.807, 2.05) is 0 Å². The van der Waals surface area contributed by atoms with Crippen LogP contribution in [0.3, 0.4) is 0 Å². The number of nitrogens with zero attached hydrogens (tertiary/aromatic N) is 3. The van der Waals surface area contributed by atoms with Crippen LogP contribution in [0.15, 0.2) is 17.8 Å². The van der Waals surface area contributed by atoms with Gasteiger partial charge in [-0.1, -0.05) is 0 Å². The Morgan fingerprint density at radius 3 is 2.72 bits per heavy atom. The number of carbonyl (C=O) groups is 1. The van der Waals surface area contributed by atoms with Gasteiger partial charge in [-0.2, -0.15) is 18.3 Å². The number of alkyl halides is 3. The summed E-state index contributed by atoms with van der Waals surface area (Å²) in [5.41, 5.74) is -0.495. The molecule has 0 aliphatic rings. The Balaban J connectivity index is 2.14. The minimum Gasteiger partial charge on any atom is -0.476 e. The molecule has 2 heterocycles. The zero-order valence-electron chi connectivity index (χ0n) is 8.68. The van der Waals surface area contributed by atoms with Gasteiger partial charge in [0.25, 0.3) is 0 Å². The summed E-state index contributed by atoms with van der Waals surface area (Å²) in [4.78, 5) is 14.3. The van der Waals surface area contributed by atoms with Crippen LogP contribution in [-0.2, 0) is 12.7 Å². The Morgan fingerprint density at radius 2 is 2.22 bits per heavy atom. The van der Waals surface area contributed by atoms with E-state index in [0.717, 1.165) is 22.2 Å². The average molecular weight is 277 g/mol. The largest absolute Gasteiger partial charge is 0.476 e. The van der Waals surface area contributed by atoms with Gasteiger partial charge in [-0.05, 0) is 0 Å². The van der Waals surface area contributed by atoms with E-state index >= 15 is 0 Å². The number of thiazole rings is 1. The van der Waals surface area contributed by atoms with Gasteiger partial charge in [-0.3, -0.25) is 4.68 Å². The Bertz CT molecular complexity index is 576. The summed E-state index contributed by atoms with van der Waals surface area (Å²) < 4.78 is 38.0. The van der Waals surface area contributed by atoms with E-state index in [4.69, 9.17) is 5.11 Å². The van der Waals surface area contributed by atoms with Crippen molar-refractivity contribution in [1.82, 2.24) is 14.8 Å². The standard InChI is InChI=1S/C9H6F3N3O2S/c10-9(11,12)5-1-13-15(2-5)3-6-4-18-7(14-6)8(16)17/h1-2,4H,3H2,(H,16,17). The average Bonchev–Trinajstić information content (AvgIpc) is 2.85. The molecule has 9 heteroatoms. The first-order chi connectivity index (χ1) is 8.36. The number of carboxylic acids is 1. The monoisotopic (exact) mass is 277 g/mol. The lowest BCUT2D eigenvalue weighted by molar-refractivity contribution is -0.137. The SMILES string of the molecule is O=C(O)c1nc(Cn2cc(C(F)(F)F)cn2)cs1. The molecule has 1 N–H and O–H groups in total. The molecule has 0 spiro atoms. The van der Waals surface area contributed by atoms with E-state index in [2.05, 4.69) is 10.1 Å². The molecule has 0 unspecified atom stereocenters. The summed E-state index contributed by atoms with van der Waals surface area (Å²) in [5, 5.41) is 13.6. The second-order valence-corrected chi connectivity index (χ2v) is 4.23. The molecule has 0 atom stereocenters. The Labute approximate surface area is 103 Å². The van der Waals surface area contributed by atoms with Gasteiger partial charge in [0.05, 0.1) is 24.0 Å². The summed E-state index contributed by atoms with van der Waals surface area (Å²) >= 11 is 0.915. The summed E-state index contributed by atoms with van der Waals surface area (Å²) in [5.74, 6) is -1.16. The number of carboxylic acid groups (broad SMARTS) is 1. The van der Waals surface area contributed by atoms with Gasteiger partial charge in [-0.15, -0.1) is 11.3 Å². The fourth-order valence-electron chi connectivity index (χ4n) is 1.24. The highest BCUT2D eigenvalue weighted by atomic mass is 32.1. The highest BCUT2D eigenvalue weighted by Crippen LogP contribution is 2.28. The van der Waals surface area contributed by atoms with Crippen LogP contribution >= 0.6 is 11.3 Å². The van der Waals surface area contributed by atoms with Crippen molar-refractivity contribution in [2.24, 2.45) is 0 Å². The van der Waals surface area contributed by atoms with Crippen LogP contribution in [0, 0.1) is 0 Å². The van der Waals surface area contributed by atoms with E-state index in [1.165, 1.54) is 5.38 Å². The molecule has 0 fully saturated rings. The van der Waals surface area contributed by atoms with Gasteiger partial charge in [0.2, 0.25) is 5.01 Å².